The molecule has 24 heavy (non-hydrogen) atoms. The average molecular weight is 327 g/mol. The second-order valence-corrected chi connectivity index (χ2v) is 6.58. The second-order valence-electron chi connectivity index (χ2n) is 6.58. The smallest absolute Gasteiger partial charge is 0.229 e. The standard InChI is InChI=1S/C19H25N3O2/c1-14-11-15(2)22(20-14)10-6-9-21(3)19(23)17-12-16-7-4-5-8-18(16)24-13-17/h4-5,7-8,11,17H,6,9-10,12-13H2,1-3H3. The first-order valence-electron chi connectivity index (χ1n) is 8.51. The second kappa shape index (κ2) is 7.07. The fourth-order valence-corrected chi connectivity index (χ4v) is 3.27. The number of fused-ring (bicyclic) bond motifs is 1. The van der Waals surface area contributed by atoms with Gasteiger partial charge in [-0.05, 0) is 44.4 Å². The molecule has 0 saturated heterocycles. The maximum atomic E-state index is 12.6. The maximum Gasteiger partial charge on any atom is 0.229 e. The third kappa shape index (κ3) is 3.61. The molecule has 1 amide bonds. The normalized spacial score (nSPS) is 16.4. The van der Waals surface area contributed by atoms with E-state index in [9.17, 15) is 4.79 Å². The number of carbonyl (C=O) groups is 1. The summed E-state index contributed by atoms with van der Waals surface area (Å²) in [5.74, 6) is 0.991. The number of hydrogen-bond donors (Lipinski definition) is 0. The summed E-state index contributed by atoms with van der Waals surface area (Å²) in [7, 11) is 1.88. The Labute approximate surface area is 143 Å². The minimum absolute atomic E-state index is 0.0846. The molecule has 0 fully saturated rings. The molecule has 1 aliphatic rings. The van der Waals surface area contributed by atoms with E-state index in [1.54, 1.807) is 0 Å². The summed E-state index contributed by atoms with van der Waals surface area (Å²) in [5, 5.41) is 4.46. The van der Waals surface area contributed by atoms with Crippen LogP contribution in [0.5, 0.6) is 5.75 Å². The minimum atomic E-state index is -0.0846. The monoisotopic (exact) mass is 327 g/mol. The maximum absolute atomic E-state index is 12.6. The van der Waals surface area contributed by atoms with Crippen molar-refractivity contribution in [2.75, 3.05) is 20.2 Å². The summed E-state index contributed by atoms with van der Waals surface area (Å²) in [6, 6.07) is 10.0. The van der Waals surface area contributed by atoms with Crippen LogP contribution in [0.1, 0.15) is 23.4 Å². The van der Waals surface area contributed by atoms with E-state index in [0.29, 0.717) is 6.61 Å². The Kier molecular flexibility index (Phi) is 4.88. The Hall–Kier alpha value is -2.30. The number of aryl methyl sites for hydroxylation is 3. The molecule has 0 radical (unpaired) electrons. The van der Waals surface area contributed by atoms with Crippen LogP contribution in [0.2, 0.25) is 0 Å². The number of hydrogen-bond acceptors (Lipinski definition) is 3. The molecule has 1 unspecified atom stereocenters. The van der Waals surface area contributed by atoms with Crippen molar-refractivity contribution >= 4 is 5.91 Å². The zero-order valence-corrected chi connectivity index (χ0v) is 14.7. The van der Waals surface area contributed by atoms with Crippen LogP contribution >= 0.6 is 0 Å². The highest BCUT2D eigenvalue weighted by atomic mass is 16.5. The lowest BCUT2D eigenvalue weighted by atomic mass is 9.95. The summed E-state index contributed by atoms with van der Waals surface area (Å²) in [5.41, 5.74) is 3.33. The quantitative estimate of drug-likeness (QED) is 0.848. The van der Waals surface area contributed by atoms with Gasteiger partial charge in [0.2, 0.25) is 5.91 Å². The highest BCUT2D eigenvalue weighted by Crippen LogP contribution is 2.27. The summed E-state index contributed by atoms with van der Waals surface area (Å²) >= 11 is 0. The van der Waals surface area contributed by atoms with Crippen molar-refractivity contribution in [3.8, 4) is 5.75 Å². The number of amides is 1. The van der Waals surface area contributed by atoms with Gasteiger partial charge >= 0.3 is 0 Å². The van der Waals surface area contributed by atoms with E-state index in [0.717, 1.165) is 42.9 Å². The van der Waals surface area contributed by atoms with Gasteiger partial charge in [0.1, 0.15) is 12.4 Å². The molecule has 1 aromatic heterocycles. The molecule has 2 aromatic rings. The zero-order valence-electron chi connectivity index (χ0n) is 14.7. The van der Waals surface area contributed by atoms with E-state index in [4.69, 9.17) is 4.74 Å². The van der Waals surface area contributed by atoms with Crippen molar-refractivity contribution in [2.24, 2.45) is 5.92 Å². The van der Waals surface area contributed by atoms with Crippen LogP contribution in [-0.4, -0.2) is 40.8 Å². The van der Waals surface area contributed by atoms with Crippen LogP contribution in [0.4, 0.5) is 0 Å². The Balaban J connectivity index is 1.51. The van der Waals surface area contributed by atoms with E-state index in [1.807, 2.05) is 47.8 Å². The summed E-state index contributed by atoms with van der Waals surface area (Å²) in [6.45, 7) is 6.10. The van der Waals surface area contributed by atoms with Gasteiger partial charge in [-0.2, -0.15) is 5.10 Å². The van der Waals surface area contributed by atoms with Crippen LogP contribution in [0.15, 0.2) is 30.3 Å². The molecule has 0 N–H and O–H groups in total. The summed E-state index contributed by atoms with van der Waals surface area (Å²) in [6.07, 6.45) is 1.66. The number of aromatic nitrogens is 2. The molecule has 5 heteroatoms. The van der Waals surface area contributed by atoms with Gasteiger partial charge in [0.05, 0.1) is 11.6 Å². The Morgan fingerprint density at radius 2 is 2.17 bits per heavy atom. The Morgan fingerprint density at radius 1 is 1.38 bits per heavy atom. The van der Waals surface area contributed by atoms with E-state index < -0.39 is 0 Å². The van der Waals surface area contributed by atoms with Crippen LogP contribution in [0.25, 0.3) is 0 Å². The Bertz CT molecular complexity index is 723. The highest BCUT2D eigenvalue weighted by Gasteiger charge is 2.27. The van der Waals surface area contributed by atoms with Gasteiger partial charge in [0.15, 0.2) is 0 Å². The van der Waals surface area contributed by atoms with E-state index in [-0.39, 0.29) is 11.8 Å². The van der Waals surface area contributed by atoms with Gasteiger partial charge in [-0.3, -0.25) is 9.48 Å². The van der Waals surface area contributed by atoms with Gasteiger partial charge < -0.3 is 9.64 Å². The lowest BCUT2D eigenvalue weighted by molar-refractivity contribution is -0.135. The highest BCUT2D eigenvalue weighted by molar-refractivity contribution is 5.79. The number of rotatable bonds is 5. The number of para-hydroxylation sites is 1. The van der Waals surface area contributed by atoms with Crippen molar-refractivity contribution in [3.05, 3.63) is 47.3 Å². The van der Waals surface area contributed by atoms with Gasteiger partial charge in [-0.25, -0.2) is 0 Å². The molecule has 1 atom stereocenters. The number of benzene rings is 1. The molecule has 1 aliphatic heterocycles. The first-order valence-corrected chi connectivity index (χ1v) is 8.51. The van der Waals surface area contributed by atoms with Crippen LogP contribution in [-0.2, 0) is 17.8 Å². The predicted octanol–water partition coefficient (Wildman–Crippen LogP) is 2.60. The van der Waals surface area contributed by atoms with Crippen LogP contribution < -0.4 is 4.74 Å². The third-order valence-electron chi connectivity index (χ3n) is 4.57. The lowest BCUT2D eigenvalue weighted by Crippen LogP contribution is -2.39. The summed E-state index contributed by atoms with van der Waals surface area (Å²) in [4.78, 5) is 14.5. The molecule has 3 rings (SSSR count). The largest absolute Gasteiger partial charge is 0.492 e. The molecule has 128 valence electrons. The molecule has 5 nitrogen and oxygen atoms in total. The Morgan fingerprint density at radius 3 is 2.92 bits per heavy atom. The van der Waals surface area contributed by atoms with Gasteiger partial charge in [-0.15, -0.1) is 0 Å². The average Bonchev–Trinajstić information content (AvgIpc) is 2.91. The first kappa shape index (κ1) is 16.6. The van der Waals surface area contributed by atoms with Crippen LogP contribution in [0.3, 0.4) is 0 Å². The topological polar surface area (TPSA) is 47.4 Å². The molecule has 0 bridgehead atoms. The molecular weight excluding hydrogens is 302 g/mol. The number of ether oxygens (including phenoxy) is 1. The molecule has 0 spiro atoms. The van der Waals surface area contributed by atoms with E-state index >= 15 is 0 Å². The van der Waals surface area contributed by atoms with E-state index in [1.165, 1.54) is 5.69 Å². The van der Waals surface area contributed by atoms with Crippen molar-refractivity contribution < 1.29 is 9.53 Å². The van der Waals surface area contributed by atoms with Gasteiger partial charge in [0.25, 0.3) is 0 Å². The molecule has 1 aromatic carbocycles. The fourth-order valence-electron chi connectivity index (χ4n) is 3.27. The van der Waals surface area contributed by atoms with Gasteiger partial charge in [-0.1, -0.05) is 18.2 Å². The number of nitrogens with zero attached hydrogens (tertiary/aromatic N) is 3. The van der Waals surface area contributed by atoms with Crippen LogP contribution in [0, 0.1) is 19.8 Å². The lowest BCUT2D eigenvalue weighted by Gasteiger charge is -2.28. The van der Waals surface area contributed by atoms with Crippen molar-refractivity contribution in [1.82, 2.24) is 14.7 Å². The number of carbonyl (C=O) groups excluding carboxylic acids is 1. The first-order chi connectivity index (χ1) is 11.5. The summed E-state index contributed by atoms with van der Waals surface area (Å²) < 4.78 is 7.75. The minimum Gasteiger partial charge on any atom is -0.492 e. The van der Waals surface area contributed by atoms with Crippen molar-refractivity contribution in [1.29, 1.82) is 0 Å². The molecule has 2 heterocycles. The predicted molar refractivity (Wildman–Crippen MR) is 93.1 cm³/mol. The zero-order chi connectivity index (χ0) is 17.1. The van der Waals surface area contributed by atoms with Gasteiger partial charge in [0, 0.05) is 25.8 Å². The molecule has 0 aliphatic carbocycles. The molecule has 0 saturated carbocycles. The van der Waals surface area contributed by atoms with Crippen molar-refractivity contribution in [2.45, 2.75) is 33.2 Å². The molecular formula is C19H25N3O2. The SMILES string of the molecule is Cc1cc(C)n(CCCN(C)C(=O)C2COc3ccccc3C2)n1. The fraction of sp³-hybridized carbons (Fsp3) is 0.474. The third-order valence-corrected chi connectivity index (χ3v) is 4.57. The van der Waals surface area contributed by atoms with E-state index in [2.05, 4.69) is 18.1 Å². The van der Waals surface area contributed by atoms with Crippen molar-refractivity contribution in [3.63, 3.8) is 0 Å².